The fourth-order valence-electron chi connectivity index (χ4n) is 2.72. The fourth-order valence-corrected chi connectivity index (χ4v) is 2.72. The van der Waals surface area contributed by atoms with E-state index in [0.717, 1.165) is 37.5 Å². The normalized spacial score (nSPS) is 18.9. The van der Waals surface area contributed by atoms with Gasteiger partial charge in [0.15, 0.2) is 0 Å². The molecule has 0 radical (unpaired) electrons. The summed E-state index contributed by atoms with van der Waals surface area (Å²) in [5, 5.41) is 10.3. The third-order valence-electron chi connectivity index (χ3n) is 4.23. The monoisotopic (exact) mass is 278 g/mol. The number of hydrogen-bond donors (Lipinski definition) is 2. The third-order valence-corrected chi connectivity index (χ3v) is 4.23. The minimum absolute atomic E-state index is 0.456. The average molecular weight is 278 g/mol. The lowest BCUT2D eigenvalue weighted by atomic mass is 9.98. The van der Waals surface area contributed by atoms with Crippen molar-refractivity contribution in [1.29, 1.82) is 0 Å². The Bertz CT molecular complexity index is 428. The van der Waals surface area contributed by atoms with Gasteiger partial charge in [0.05, 0.1) is 18.9 Å². The van der Waals surface area contributed by atoms with E-state index in [2.05, 4.69) is 11.8 Å². The van der Waals surface area contributed by atoms with Crippen LogP contribution in [0.2, 0.25) is 0 Å². The van der Waals surface area contributed by atoms with Gasteiger partial charge in [-0.25, -0.2) is 0 Å². The summed E-state index contributed by atoms with van der Waals surface area (Å²) in [5.41, 5.74) is 7.33. The molecule has 2 rings (SSSR count). The van der Waals surface area contributed by atoms with Gasteiger partial charge in [0.2, 0.25) is 0 Å². The number of anilines is 1. The van der Waals surface area contributed by atoms with E-state index in [0.29, 0.717) is 11.4 Å². The van der Waals surface area contributed by atoms with Crippen LogP contribution in [0.4, 0.5) is 5.69 Å². The second-order valence-electron chi connectivity index (χ2n) is 5.83. The van der Waals surface area contributed by atoms with Crippen LogP contribution in [-0.4, -0.2) is 36.8 Å². The molecule has 20 heavy (non-hydrogen) atoms. The molecule has 4 heteroatoms. The quantitative estimate of drug-likeness (QED) is 0.812. The number of piperidine rings is 1. The van der Waals surface area contributed by atoms with E-state index in [-0.39, 0.29) is 0 Å². The summed E-state index contributed by atoms with van der Waals surface area (Å²) in [7, 11) is 1.60. The standard InChI is InChI=1S/C16H26N2O2/c1-12-5-8-18(9-6-12)10-7-15(19)13-3-4-16(20-2)14(17)11-13/h3-4,11-12,15,19H,5-10,17H2,1-2H3. The highest BCUT2D eigenvalue weighted by Gasteiger charge is 2.17. The largest absolute Gasteiger partial charge is 0.495 e. The number of benzene rings is 1. The molecule has 1 unspecified atom stereocenters. The zero-order valence-corrected chi connectivity index (χ0v) is 12.5. The predicted octanol–water partition coefficient (Wildman–Crippen LogP) is 2.43. The van der Waals surface area contributed by atoms with Gasteiger partial charge in [0.25, 0.3) is 0 Å². The number of aliphatic hydroxyl groups is 1. The second kappa shape index (κ2) is 6.95. The molecule has 0 bridgehead atoms. The van der Waals surface area contributed by atoms with Gasteiger partial charge in [-0.3, -0.25) is 0 Å². The summed E-state index contributed by atoms with van der Waals surface area (Å²) >= 11 is 0. The first-order valence-corrected chi connectivity index (χ1v) is 7.44. The molecule has 1 aliphatic heterocycles. The minimum Gasteiger partial charge on any atom is -0.495 e. The Hall–Kier alpha value is -1.26. The molecule has 1 saturated heterocycles. The zero-order chi connectivity index (χ0) is 14.5. The van der Waals surface area contributed by atoms with Crippen molar-refractivity contribution in [3.05, 3.63) is 23.8 Å². The van der Waals surface area contributed by atoms with Crippen molar-refractivity contribution in [1.82, 2.24) is 4.90 Å². The number of methoxy groups -OCH3 is 1. The maximum Gasteiger partial charge on any atom is 0.141 e. The molecule has 3 N–H and O–H groups in total. The number of rotatable bonds is 5. The third kappa shape index (κ3) is 3.87. The van der Waals surface area contributed by atoms with Gasteiger partial charge in [-0.15, -0.1) is 0 Å². The predicted molar refractivity (Wildman–Crippen MR) is 81.8 cm³/mol. The molecule has 0 spiro atoms. The van der Waals surface area contributed by atoms with E-state index in [4.69, 9.17) is 10.5 Å². The Kier molecular flexibility index (Phi) is 5.26. The van der Waals surface area contributed by atoms with E-state index in [1.807, 2.05) is 18.2 Å². The maximum absolute atomic E-state index is 10.3. The van der Waals surface area contributed by atoms with Gasteiger partial charge in [-0.2, -0.15) is 0 Å². The van der Waals surface area contributed by atoms with Crippen LogP contribution in [0, 0.1) is 5.92 Å². The highest BCUT2D eigenvalue weighted by atomic mass is 16.5. The Balaban J connectivity index is 1.85. The van der Waals surface area contributed by atoms with Crippen molar-refractivity contribution in [2.24, 2.45) is 5.92 Å². The van der Waals surface area contributed by atoms with Crippen LogP contribution in [0.3, 0.4) is 0 Å². The van der Waals surface area contributed by atoms with Crippen molar-refractivity contribution < 1.29 is 9.84 Å². The van der Waals surface area contributed by atoms with E-state index >= 15 is 0 Å². The smallest absolute Gasteiger partial charge is 0.141 e. The lowest BCUT2D eigenvalue weighted by molar-refractivity contribution is 0.125. The van der Waals surface area contributed by atoms with Crippen LogP contribution in [0.1, 0.15) is 37.9 Å². The highest BCUT2D eigenvalue weighted by molar-refractivity contribution is 5.54. The van der Waals surface area contributed by atoms with Gasteiger partial charge >= 0.3 is 0 Å². The van der Waals surface area contributed by atoms with Crippen LogP contribution in [0.5, 0.6) is 5.75 Å². The number of nitrogens with zero attached hydrogens (tertiary/aromatic N) is 1. The topological polar surface area (TPSA) is 58.7 Å². The lowest BCUT2D eigenvalue weighted by Gasteiger charge is -2.30. The van der Waals surface area contributed by atoms with Crippen molar-refractivity contribution in [2.45, 2.75) is 32.3 Å². The number of aliphatic hydroxyl groups excluding tert-OH is 1. The van der Waals surface area contributed by atoms with Gasteiger partial charge in [-0.05, 0) is 56.0 Å². The summed E-state index contributed by atoms with van der Waals surface area (Å²) in [5.74, 6) is 1.50. The molecule has 1 fully saturated rings. The van der Waals surface area contributed by atoms with Crippen LogP contribution in [0.15, 0.2) is 18.2 Å². The Morgan fingerprint density at radius 2 is 2.10 bits per heavy atom. The molecule has 1 aliphatic rings. The lowest BCUT2D eigenvalue weighted by Crippen LogP contribution is -2.34. The molecule has 4 nitrogen and oxygen atoms in total. The Morgan fingerprint density at radius 3 is 2.70 bits per heavy atom. The first-order chi connectivity index (χ1) is 9.60. The fraction of sp³-hybridized carbons (Fsp3) is 0.625. The molecule has 0 aromatic heterocycles. The van der Waals surface area contributed by atoms with Gasteiger partial charge < -0.3 is 20.5 Å². The molecule has 1 aromatic rings. The van der Waals surface area contributed by atoms with Gasteiger partial charge in [0.1, 0.15) is 5.75 Å². The molecule has 1 aromatic carbocycles. The molecular formula is C16H26N2O2. The van der Waals surface area contributed by atoms with E-state index in [1.54, 1.807) is 7.11 Å². The molecule has 112 valence electrons. The number of hydrogen-bond acceptors (Lipinski definition) is 4. The molecule has 1 heterocycles. The van der Waals surface area contributed by atoms with Crippen LogP contribution >= 0.6 is 0 Å². The summed E-state index contributed by atoms with van der Waals surface area (Å²) in [6.45, 7) is 5.56. The molecule has 0 aliphatic carbocycles. The zero-order valence-electron chi connectivity index (χ0n) is 12.5. The second-order valence-corrected chi connectivity index (χ2v) is 5.83. The summed E-state index contributed by atoms with van der Waals surface area (Å²) in [6.07, 6.45) is 2.83. The first-order valence-electron chi connectivity index (χ1n) is 7.44. The average Bonchev–Trinajstić information content (AvgIpc) is 2.46. The molecular weight excluding hydrogens is 252 g/mol. The van der Waals surface area contributed by atoms with E-state index in [1.165, 1.54) is 12.8 Å². The molecule has 0 saturated carbocycles. The highest BCUT2D eigenvalue weighted by Crippen LogP contribution is 2.27. The minimum atomic E-state index is -0.456. The maximum atomic E-state index is 10.3. The van der Waals surface area contributed by atoms with Crippen molar-refractivity contribution in [2.75, 3.05) is 32.5 Å². The number of nitrogen functional groups attached to an aromatic ring is 1. The summed E-state index contributed by atoms with van der Waals surface area (Å²) in [6, 6.07) is 5.51. The number of ether oxygens (including phenoxy) is 1. The summed E-state index contributed by atoms with van der Waals surface area (Å²) < 4.78 is 5.13. The van der Waals surface area contributed by atoms with Crippen molar-refractivity contribution >= 4 is 5.69 Å². The van der Waals surface area contributed by atoms with Crippen LogP contribution in [-0.2, 0) is 0 Å². The van der Waals surface area contributed by atoms with Crippen molar-refractivity contribution in [3.8, 4) is 5.75 Å². The van der Waals surface area contributed by atoms with Gasteiger partial charge in [-0.1, -0.05) is 13.0 Å². The summed E-state index contributed by atoms with van der Waals surface area (Å²) in [4.78, 5) is 2.44. The van der Waals surface area contributed by atoms with Crippen LogP contribution in [0.25, 0.3) is 0 Å². The van der Waals surface area contributed by atoms with Gasteiger partial charge in [0, 0.05) is 6.54 Å². The molecule has 1 atom stereocenters. The van der Waals surface area contributed by atoms with Crippen molar-refractivity contribution in [3.63, 3.8) is 0 Å². The van der Waals surface area contributed by atoms with Crippen LogP contribution < -0.4 is 10.5 Å². The number of nitrogens with two attached hydrogens (primary N) is 1. The number of likely N-dealkylation sites (tertiary alicyclic amines) is 1. The van der Waals surface area contributed by atoms with E-state index < -0.39 is 6.10 Å². The Labute approximate surface area is 121 Å². The first kappa shape index (κ1) is 15.1. The van der Waals surface area contributed by atoms with E-state index in [9.17, 15) is 5.11 Å². The SMILES string of the molecule is COc1ccc(C(O)CCN2CCC(C)CC2)cc1N. The molecule has 0 amide bonds. The Morgan fingerprint density at radius 1 is 1.40 bits per heavy atom.